The van der Waals surface area contributed by atoms with Crippen molar-refractivity contribution >= 4 is 28.3 Å². The second kappa shape index (κ2) is 9.57. The first kappa shape index (κ1) is 22.7. The molecule has 0 spiro atoms. The number of nitrogens with zero attached hydrogens (tertiary/aromatic N) is 3. The molecule has 0 unspecified atom stereocenters. The van der Waals surface area contributed by atoms with Crippen LogP contribution in [-0.4, -0.2) is 34.3 Å². The van der Waals surface area contributed by atoms with Crippen molar-refractivity contribution in [2.45, 2.75) is 52.7 Å². The maximum atomic E-state index is 13.2. The molecule has 1 aliphatic heterocycles. The fourth-order valence-corrected chi connectivity index (χ4v) is 4.17. The van der Waals surface area contributed by atoms with E-state index in [1.165, 1.54) is 4.68 Å². The van der Waals surface area contributed by atoms with Gasteiger partial charge in [0.15, 0.2) is 11.8 Å². The van der Waals surface area contributed by atoms with Gasteiger partial charge < -0.3 is 9.64 Å². The summed E-state index contributed by atoms with van der Waals surface area (Å²) in [5.41, 5.74) is 1.78. The van der Waals surface area contributed by atoms with E-state index in [9.17, 15) is 14.4 Å². The van der Waals surface area contributed by atoms with Crippen LogP contribution in [0.15, 0.2) is 53.3 Å². The summed E-state index contributed by atoms with van der Waals surface area (Å²) in [6.07, 6.45) is 1.54. The van der Waals surface area contributed by atoms with Crippen molar-refractivity contribution < 1.29 is 14.3 Å². The molecule has 2 aromatic carbocycles. The highest BCUT2D eigenvalue weighted by Gasteiger charge is 2.29. The number of benzene rings is 2. The summed E-state index contributed by atoms with van der Waals surface area (Å²) in [6, 6.07) is 14.7. The number of para-hydroxylation sites is 1. The van der Waals surface area contributed by atoms with Gasteiger partial charge in [-0.15, -0.1) is 0 Å². The zero-order valence-electron chi connectivity index (χ0n) is 19.3. The molecule has 4 rings (SSSR count). The Morgan fingerprint density at radius 1 is 1.03 bits per heavy atom. The van der Waals surface area contributed by atoms with Crippen LogP contribution >= 0.6 is 0 Å². The monoisotopic (exact) mass is 447 g/mol. The molecule has 3 aromatic rings. The van der Waals surface area contributed by atoms with E-state index < -0.39 is 12.1 Å². The summed E-state index contributed by atoms with van der Waals surface area (Å²) in [5.74, 6) is -0.603. The Morgan fingerprint density at radius 2 is 1.73 bits per heavy atom. The maximum absolute atomic E-state index is 13.2. The van der Waals surface area contributed by atoms with Crippen LogP contribution in [-0.2, 0) is 22.5 Å². The summed E-state index contributed by atoms with van der Waals surface area (Å²) in [7, 11) is 0. The molecule has 1 amide bonds. The number of anilines is 1. The fourth-order valence-electron chi connectivity index (χ4n) is 4.17. The van der Waals surface area contributed by atoms with Crippen LogP contribution in [0.4, 0.5) is 5.69 Å². The number of ether oxygens (including phenoxy) is 1. The van der Waals surface area contributed by atoms with Gasteiger partial charge in [-0.3, -0.25) is 9.59 Å². The lowest BCUT2D eigenvalue weighted by molar-refractivity contribution is -0.126. The molecule has 7 heteroatoms. The van der Waals surface area contributed by atoms with Gasteiger partial charge in [0.2, 0.25) is 0 Å². The van der Waals surface area contributed by atoms with E-state index in [2.05, 4.69) is 18.9 Å². The molecular formula is C26H29N3O4. The molecule has 172 valence electrons. The predicted octanol–water partition coefficient (Wildman–Crippen LogP) is 3.97. The summed E-state index contributed by atoms with van der Waals surface area (Å²) in [6.45, 7) is 6.69. The molecule has 0 bridgehead atoms. The highest BCUT2D eigenvalue weighted by molar-refractivity contribution is 6.04. The maximum Gasteiger partial charge on any atom is 0.360 e. The molecule has 2 heterocycles. The quantitative estimate of drug-likeness (QED) is 0.534. The van der Waals surface area contributed by atoms with Crippen LogP contribution < -0.4 is 10.5 Å². The normalized spacial score (nSPS) is 14.2. The average Bonchev–Trinajstić information content (AvgIpc) is 2.82. The molecule has 1 atom stereocenters. The third-order valence-corrected chi connectivity index (χ3v) is 5.99. The minimum absolute atomic E-state index is 0.0488. The molecule has 0 radical (unpaired) electrons. The number of aromatic nitrogens is 2. The number of esters is 1. The van der Waals surface area contributed by atoms with E-state index in [-0.39, 0.29) is 17.2 Å². The highest BCUT2D eigenvalue weighted by Crippen LogP contribution is 2.27. The van der Waals surface area contributed by atoms with E-state index in [0.29, 0.717) is 29.8 Å². The smallest absolute Gasteiger partial charge is 0.360 e. The van der Waals surface area contributed by atoms with Crippen molar-refractivity contribution in [2.75, 3.05) is 11.4 Å². The Kier molecular flexibility index (Phi) is 6.58. The summed E-state index contributed by atoms with van der Waals surface area (Å²) in [4.78, 5) is 40.8. The Balaban J connectivity index is 1.61. The molecule has 0 aliphatic carbocycles. The minimum atomic E-state index is -0.986. The summed E-state index contributed by atoms with van der Waals surface area (Å²) < 4.78 is 6.91. The minimum Gasteiger partial charge on any atom is -0.448 e. The molecule has 0 saturated carbocycles. The van der Waals surface area contributed by atoms with E-state index in [0.717, 1.165) is 30.5 Å². The number of amides is 1. The van der Waals surface area contributed by atoms with Crippen molar-refractivity contribution in [3.05, 3.63) is 70.1 Å². The molecular weight excluding hydrogens is 418 g/mol. The lowest BCUT2D eigenvalue weighted by Gasteiger charge is -2.31. The number of hydrogen-bond donors (Lipinski definition) is 0. The topological polar surface area (TPSA) is 81.5 Å². The Hall–Kier alpha value is -3.48. The molecule has 0 saturated heterocycles. The lowest BCUT2D eigenvalue weighted by atomic mass is 10.0. The van der Waals surface area contributed by atoms with E-state index >= 15 is 0 Å². The van der Waals surface area contributed by atoms with E-state index in [4.69, 9.17) is 4.74 Å². The van der Waals surface area contributed by atoms with Gasteiger partial charge in [0.1, 0.15) is 0 Å². The SMILES string of the molecule is CC(C)CCn1nc(C(=O)O[C@H](C)C(=O)N2CCCc3ccccc32)c2ccccc2c1=O. The van der Waals surface area contributed by atoms with Gasteiger partial charge in [-0.2, -0.15) is 5.10 Å². The molecule has 0 fully saturated rings. The number of fused-ring (bicyclic) bond motifs is 2. The first-order valence-electron chi connectivity index (χ1n) is 11.5. The van der Waals surface area contributed by atoms with Crippen LogP contribution in [0.25, 0.3) is 10.8 Å². The standard InChI is InChI=1S/C26H29N3O4/c1-17(2)14-16-29-25(31)21-12-6-5-11-20(21)23(27-29)26(32)33-18(3)24(30)28-15-8-10-19-9-4-7-13-22(19)28/h4-7,9,11-13,17-18H,8,10,14-16H2,1-3H3/t18-/m1/s1. The van der Waals surface area contributed by atoms with Gasteiger partial charge in [-0.05, 0) is 49.8 Å². The predicted molar refractivity (Wildman–Crippen MR) is 127 cm³/mol. The van der Waals surface area contributed by atoms with Crippen LogP contribution in [0.2, 0.25) is 0 Å². The van der Waals surface area contributed by atoms with Gasteiger partial charge in [0.25, 0.3) is 11.5 Å². The number of aryl methyl sites for hydroxylation is 2. The second-order valence-corrected chi connectivity index (χ2v) is 8.87. The van der Waals surface area contributed by atoms with E-state index in [1.54, 1.807) is 36.1 Å². The van der Waals surface area contributed by atoms with Crippen LogP contribution in [0.3, 0.4) is 0 Å². The van der Waals surface area contributed by atoms with Gasteiger partial charge in [0.05, 0.1) is 5.39 Å². The summed E-state index contributed by atoms with van der Waals surface area (Å²) in [5, 5.41) is 5.17. The Morgan fingerprint density at radius 3 is 2.48 bits per heavy atom. The largest absolute Gasteiger partial charge is 0.448 e. The van der Waals surface area contributed by atoms with Crippen molar-refractivity contribution in [3.63, 3.8) is 0 Å². The van der Waals surface area contributed by atoms with Crippen LogP contribution in [0.5, 0.6) is 0 Å². The van der Waals surface area contributed by atoms with Gasteiger partial charge in [-0.25, -0.2) is 9.48 Å². The van der Waals surface area contributed by atoms with Crippen molar-refractivity contribution in [3.8, 4) is 0 Å². The fraction of sp³-hybridized carbons (Fsp3) is 0.385. The van der Waals surface area contributed by atoms with Gasteiger partial charge >= 0.3 is 5.97 Å². The molecule has 1 aliphatic rings. The molecule has 33 heavy (non-hydrogen) atoms. The van der Waals surface area contributed by atoms with E-state index in [1.807, 2.05) is 24.3 Å². The first-order valence-corrected chi connectivity index (χ1v) is 11.5. The summed E-state index contributed by atoms with van der Waals surface area (Å²) >= 11 is 0. The lowest BCUT2D eigenvalue weighted by Crippen LogP contribution is -2.43. The number of hydrogen-bond acceptors (Lipinski definition) is 5. The zero-order valence-corrected chi connectivity index (χ0v) is 19.3. The molecule has 1 aromatic heterocycles. The van der Waals surface area contributed by atoms with Crippen LogP contribution in [0.1, 0.15) is 49.7 Å². The third kappa shape index (κ3) is 4.67. The van der Waals surface area contributed by atoms with Gasteiger partial charge in [0, 0.05) is 24.2 Å². The molecule has 7 nitrogen and oxygen atoms in total. The third-order valence-electron chi connectivity index (χ3n) is 5.99. The van der Waals surface area contributed by atoms with Crippen molar-refractivity contribution in [2.24, 2.45) is 5.92 Å². The second-order valence-electron chi connectivity index (χ2n) is 8.87. The number of rotatable bonds is 6. The van der Waals surface area contributed by atoms with Gasteiger partial charge in [-0.1, -0.05) is 50.2 Å². The highest BCUT2D eigenvalue weighted by atomic mass is 16.5. The number of carbonyl (C=O) groups excluding carboxylic acids is 2. The first-order chi connectivity index (χ1) is 15.9. The zero-order chi connectivity index (χ0) is 23.5. The van der Waals surface area contributed by atoms with Crippen LogP contribution in [0, 0.1) is 5.92 Å². The van der Waals surface area contributed by atoms with Crippen molar-refractivity contribution in [1.82, 2.24) is 9.78 Å². The van der Waals surface area contributed by atoms with Crippen molar-refractivity contribution in [1.29, 1.82) is 0 Å². The molecule has 0 N–H and O–H groups in total. The average molecular weight is 448 g/mol. The number of carbonyl (C=O) groups is 2. The Labute approximate surface area is 193 Å². The Bertz CT molecular complexity index is 1250.